The zero-order valence-electron chi connectivity index (χ0n) is 11.7. The number of hydrogen-bond acceptors (Lipinski definition) is 2. The third kappa shape index (κ3) is 9.00. The normalized spacial score (nSPS) is 9.12. The second-order valence-corrected chi connectivity index (χ2v) is 4.08. The van der Waals surface area contributed by atoms with Crippen LogP contribution < -0.4 is 0 Å². The maximum atomic E-state index is 12.1. The Morgan fingerprint density at radius 1 is 0.833 bits per heavy atom. The van der Waals surface area contributed by atoms with Gasteiger partial charge in [0.25, 0.3) is 0 Å². The van der Waals surface area contributed by atoms with E-state index in [-0.39, 0.29) is 121 Å². The number of rotatable bonds is 3. The van der Waals surface area contributed by atoms with Crippen LogP contribution in [-0.4, -0.2) is 17.7 Å². The fourth-order valence-corrected chi connectivity index (χ4v) is 1.71. The molecule has 130 valence electrons. The average Bonchev–Trinajstić information content (AvgIpc) is 2.37. The molecule has 0 aliphatic carbocycles. The monoisotopic (exact) mass is 620 g/mol. The Morgan fingerprint density at radius 3 is 1.83 bits per heavy atom. The smallest absolute Gasteiger partial charge is 2.00 e. The van der Waals surface area contributed by atoms with Crippen molar-refractivity contribution in [1.29, 1.82) is 0 Å². The van der Waals surface area contributed by atoms with Crippen molar-refractivity contribution in [1.82, 2.24) is 0 Å². The van der Waals surface area contributed by atoms with Crippen LogP contribution in [0.25, 0.3) is 10.8 Å². The van der Waals surface area contributed by atoms with Crippen molar-refractivity contribution >= 4 is 22.3 Å². The van der Waals surface area contributed by atoms with Gasteiger partial charge in [-0.25, -0.2) is 0 Å². The van der Waals surface area contributed by atoms with Crippen molar-refractivity contribution in [2.45, 2.75) is 12.6 Å². The number of carbonyl (C=O) groups excluding carboxylic acids is 2. The Kier molecular flexibility index (Phi) is 19.0. The van der Waals surface area contributed by atoms with Crippen LogP contribution in [0.5, 0.6) is 0 Å². The summed E-state index contributed by atoms with van der Waals surface area (Å²) >= 11 is 0. The van der Waals surface area contributed by atoms with Gasteiger partial charge in [0.15, 0.2) is 5.78 Å². The van der Waals surface area contributed by atoms with E-state index in [1.54, 1.807) is 18.2 Å². The van der Waals surface area contributed by atoms with Crippen molar-refractivity contribution in [3.8, 4) is 0 Å². The van der Waals surface area contributed by atoms with E-state index in [4.69, 9.17) is 0 Å². The van der Waals surface area contributed by atoms with Crippen LogP contribution in [0.1, 0.15) is 16.8 Å². The van der Waals surface area contributed by atoms with Gasteiger partial charge in [-0.2, -0.15) is 13.2 Å². The van der Waals surface area contributed by atoms with E-state index in [0.29, 0.717) is 0 Å². The minimum atomic E-state index is -4.97. The molecule has 0 radical (unpaired) electrons. The fraction of sp³-hybridized carbons (Fsp3) is 0.143. The second kappa shape index (κ2) is 14.0. The summed E-state index contributed by atoms with van der Waals surface area (Å²) in [7, 11) is 0. The molecule has 0 N–H and O–H groups in total. The van der Waals surface area contributed by atoms with Gasteiger partial charge in [-0.15, -0.1) is 0 Å². The quantitative estimate of drug-likeness (QED) is 0.388. The molecule has 0 saturated heterocycles. The first-order valence-corrected chi connectivity index (χ1v) is 5.50. The predicted octanol–water partition coefficient (Wildman–Crippen LogP) is 3.19. The van der Waals surface area contributed by atoms with Crippen molar-refractivity contribution in [3.05, 3.63) is 48.0 Å². The minimum Gasteiger partial charge on any atom is -2.00 e. The molecule has 10 heteroatoms. The van der Waals surface area contributed by atoms with Gasteiger partial charge < -0.3 is 16.4 Å². The van der Waals surface area contributed by atoms with Crippen molar-refractivity contribution < 1.29 is 138 Å². The number of fused-ring (bicyclic) bond motifs is 1. The van der Waals surface area contributed by atoms with Crippen LogP contribution in [0.3, 0.4) is 0 Å². The van der Waals surface area contributed by atoms with Gasteiger partial charge >= 0.3 is 105 Å². The van der Waals surface area contributed by atoms with E-state index >= 15 is 0 Å². The molecular formula is C14H9Eu2F3O5. The summed E-state index contributed by atoms with van der Waals surface area (Å²) in [6.07, 6.45) is -6.12. The molecule has 5 nitrogen and oxygen atoms in total. The van der Waals surface area contributed by atoms with Crippen molar-refractivity contribution in [3.63, 3.8) is 0 Å². The fourth-order valence-electron chi connectivity index (χ4n) is 1.71. The van der Waals surface area contributed by atoms with Crippen LogP contribution in [0.2, 0.25) is 0 Å². The molecule has 0 saturated carbocycles. The molecule has 2 aromatic rings. The standard InChI is InChI=1S/C14H9F3O2.2Eu.3O/c15-14(16,17)13(19)8-12(18)11-6-5-9-3-1-2-4-10(9)7-11;;;;;/h1-7H,8H2;;;;;/q;2*+3;3*-2. The Labute approximate surface area is 217 Å². The van der Waals surface area contributed by atoms with Gasteiger partial charge in [-0.05, 0) is 16.8 Å². The molecule has 0 aromatic heterocycles. The molecule has 0 atom stereocenters. The number of Topliss-reactive ketones (excluding diaryl/α,β-unsaturated/α-hetero) is 2. The van der Waals surface area contributed by atoms with Crippen molar-refractivity contribution in [2.75, 3.05) is 0 Å². The van der Waals surface area contributed by atoms with Crippen LogP contribution in [-0.2, 0) is 21.2 Å². The molecule has 0 fully saturated rings. The summed E-state index contributed by atoms with van der Waals surface area (Å²) in [4.78, 5) is 22.4. The predicted molar refractivity (Wildman–Crippen MR) is 66.0 cm³/mol. The maximum absolute atomic E-state index is 12.1. The Morgan fingerprint density at radius 2 is 1.33 bits per heavy atom. The zero-order valence-corrected chi connectivity index (χ0v) is 16.5. The summed E-state index contributed by atoms with van der Waals surface area (Å²) in [6.45, 7) is 0. The molecule has 0 spiro atoms. The van der Waals surface area contributed by atoms with Gasteiger partial charge in [-0.1, -0.05) is 36.4 Å². The summed E-state index contributed by atoms with van der Waals surface area (Å²) in [5, 5.41) is 1.62. The van der Waals surface area contributed by atoms with Gasteiger partial charge in [0.05, 0.1) is 6.42 Å². The molecule has 0 aliphatic rings. The Balaban J connectivity index is -0.000000400. The van der Waals surface area contributed by atoms with Gasteiger partial charge in [-0.3, -0.25) is 9.59 Å². The zero-order chi connectivity index (χ0) is 14.0. The maximum Gasteiger partial charge on any atom is 3.00 e. The van der Waals surface area contributed by atoms with E-state index in [2.05, 4.69) is 0 Å². The first-order chi connectivity index (χ1) is 8.88. The molecule has 2 aromatic carbocycles. The van der Waals surface area contributed by atoms with Gasteiger partial charge in [0, 0.05) is 5.56 Å². The molecular weight excluding hydrogens is 609 g/mol. The molecule has 2 rings (SSSR count). The van der Waals surface area contributed by atoms with E-state index in [1.807, 2.05) is 12.1 Å². The van der Waals surface area contributed by atoms with Crippen LogP contribution in [0, 0.1) is 98.8 Å². The summed E-state index contributed by atoms with van der Waals surface area (Å²) in [6, 6.07) is 11.7. The summed E-state index contributed by atoms with van der Waals surface area (Å²) in [5.41, 5.74) is 0.108. The molecule has 0 heterocycles. The van der Waals surface area contributed by atoms with Gasteiger partial charge in [0.2, 0.25) is 5.78 Å². The molecule has 24 heavy (non-hydrogen) atoms. The summed E-state index contributed by atoms with van der Waals surface area (Å²) in [5.74, 6) is -2.85. The molecule has 0 amide bonds. The third-order valence-electron chi connectivity index (χ3n) is 2.71. The first-order valence-electron chi connectivity index (χ1n) is 5.50. The van der Waals surface area contributed by atoms with Gasteiger partial charge in [0.1, 0.15) is 0 Å². The number of carbonyl (C=O) groups is 2. The molecule has 0 unspecified atom stereocenters. The molecule has 0 bridgehead atoms. The first kappa shape index (κ1) is 32.5. The number of hydrogen-bond donors (Lipinski definition) is 0. The number of alkyl halides is 3. The number of halogens is 3. The number of ketones is 2. The van der Waals surface area contributed by atoms with E-state index in [1.165, 1.54) is 12.1 Å². The van der Waals surface area contributed by atoms with Crippen LogP contribution >= 0.6 is 0 Å². The van der Waals surface area contributed by atoms with Crippen molar-refractivity contribution in [2.24, 2.45) is 0 Å². The van der Waals surface area contributed by atoms with E-state index in [0.717, 1.165) is 10.8 Å². The SMILES string of the molecule is O=C(CC(=O)C(F)(F)F)c1ccc2ccccc2c1.[Eu+3].[Eu+3].[O-2].[O-2].[O-2]. The van der Waals surface area contributed by atoms with E-state index < -0.39 is 24.2 Å². The largest absolute Gasteiger partial charge is 3.00 e. The summed E-state index contributed by atoms with van der Waals surface area (Å²) < 4.78 is 36.2. The van der Waals surface area contributed by atoms with E-state index in [9.17, 15) is 22.8 Å². The average molecular weight is 618 g/mol. The Bertz CT molecular complexity index is 662. The third-order valence-corrected chi connectivity index (χ3v) is 2.71. The molecule has 0 aliphatic heterocycles. The topological polar surface area (TPSA) is 120 Å². The van der Waals surface area contributed by atoms with Crippen LogP contribution in [0.4, 0.5) is 13.2 Å². The van der Waals surface area contributed by atoms with Crippen LogP contribution in [0.15, 0.2) is 42.5 Å². The second-order valence-electron chi connectivity index (χ2n) is 4.08. The minimum absolute atomic E-state index is 0. The Hall–Kier alpha value is 0.879. The number of benzene rings is 2.